The van der Waals surface area contributed by atoms with Crippen molar-refractivity contribution in [3.63, 3.8) is 0 Å². The molecule has 6 nitrogen and oxygen atoms in total. The Hall–Kier alpha value is -1.54. The Kier molecular flexibility index (Phi) is 5.37. The molecule has 0 radical (unpaired) electrons. The number of nitrogens with zero attached hydrogens (tertiary/aromatic N) is 1. The lowest BCUT2D eigenvalue weighted by Gasteiger charge is -2.04. The zero-order valence-corrected chi connectivity index (χ0v) is 12.2. The van der Waals surface area contributed by atoms with Crippen LogP contribution in [0, 0.1) is 0 Å². The number of ether oxygens (including phenoxy) is 1. The van der Waals surface area contributed by atoms with Gasteiger partial charge in [0.2, 0.25) is 0 Å². The quantitative estimate of drug-likeness (QED) is 0.352. The van der Waals surface area contributed by atoms with Crippen molar-refractivity contribution in [3.05, 3.63) is 29.8 Å². The molecule has 0 spiro atoms. The molecule has 0 N–H and O–H groups in total. The van der Waals surface area contributed by atoms with Gasteiger partial charge in [-0.15, -0.1) is 11.8 Å². The molecule has 8 heteroatoms. The van der Waals surface area contributed by atoms with Crippen LogP contribution in [0.3, 0.4) is 0 Å². The van der Waals surface area contributed by atoms with Crippen molar-refractivity contribution in [3.8, 4) is 0 Å². The maximum Gasteiger partial charge on any atom is 0.360 e. The lowest BCUT2D eigenvalue weighted by atomic mass is 10.1. The first kappa shape index (κ1) is 15.5. The van der Waals surface area contributed by atoms with E-state index in [9.17, 15) is 13.2 Å². The fraction of sp³-hybridized carbons (Fsp3) is 0.273. The van der Waals surface area contributed by atoms with Crippen molar-refractivity contribution in [2.24, 2.45) is 5.16 Å². The molecule has 1 aromatic rings. The van der Waals surface area contributed by atoms with E-state index < -0.39 is 16.1 Å². The van der Waals surface area contributed by atoms with Crippen molar-refractivity contribution in [1.29, 1.82) is 0 Å². The van der Waals surface area contributed by atoms with E-state index in [1.54, 1.807) is 24.3 Å². The molecular weight excluding hydrogens is 290 g/mol. The van der Waals surface area contributed by atoms with Gasteiger partial charge in [0.05, 0.1) is 13.4 Å². The molecule has 104 valence electrons. The van der Waals surface area contributed by atoms with Crippen LogP contribution < -0.4 is 0 Å². The van der Waals surface area contributed by atoms with Crippen LogP contribution in [0.1, 0.15) is 5.56 Å². The smallest absolute Gasteiger partial charge is 0.360 e. The van der Waals surface area contributed by atoms with Crippen LogP contribution in [0.4, 0.5) is 0 Å². The predicted molar refractivity (Wildman–Crippen MR) is 72.7 cm³/mol. The molecule has 0 heterocycles. The van der Waals surface area contributed by atoms with Crippen LogP contribution in [0.2, 0.25) is 0 Å². The molecule has 0 aliphatic rings. The molecular formula is C11H13NO5S2. The Morgan fingerprint density at radius 1 is 1.26 bits per heavy atom. The van der Waals surface area contributed by atoms with Crippen LogP contribution in [-0.4, -0.2) is 39.7 Å². The zero-order chi connectivity index (χ0) is 14.5. The van der Waals surface area contributed by atoms with Crippen molar-refractivity contribution in [2.75, 3.05) is 19.6 Å². The van der Waals surface area contributed by atoms with Crippen molar-refractivity contribution < 1.29 is 22.2 Å². The number of carbonyl (C=O) groups excluding carboxylic acids is 1. The van der Waals surface area contributed by atoms with Crippen molar-refractivity contribution in [1.82, 2.24) is 0 Å². The minimum absolute atomic E-state index is 0.208. The summed E-state index contributed by atoms with van der Waals surface area (Å²) in [4.78, 5) is 12.5. The third-order valence-electron chi connectivity index (χ3n) is 2.01. The lowest BCUT2D eigenvalue weighted by molar-refractivity contribution is -0.132. The molecule has 0 fully saturated rings. The molecule has 0 aromatic heterocycles. The summed E-state index contributed by atoms with van der Waals surface area (Å²) in [6.45, 7) is 0. The topological polar surface area (TPSA) is 82.0 Å². The maximum atomic E-state index is 11.6. The van der Waals surface area contributed by atoms with Gasteiger partial charge in [-0.2, -0.15) is 8.42 Å². The molecule has 1 aromatic carbocycles. The summed E-state index contributed by atoms with van der Waals surface area (Å²) in [5.41, 5.74) is 0.203. The third kappa shape index (κ3) is 4.92. The summed E-state index contributed by atoms with van der Waals surface area (Å²) >= 11 is 1.54. The summed E-state index contributed by atoms with van der Waals surface area (Å²) in [6.07, 6.45) is 2.75. The van der Waals surface area contributed by atoms with Gasteiger partial charge in [0.1, 0.15) is 0 Å². The molecule has 0 aliphatic heterocycles. The number of benzene rings is 1. The van der Waals surface area contributed by atoms with E-state index in [1.807, 2.05) is 6.26 Å². The highest BCUT2D eigenvalue weighted by atomic mass is 32.2. The number of hydrogen-bond donors (Lipinski definition) is 0. The number of oxime groups is 1. The van der Waals surface area contributed by atoms with E-state index in [-0.39, 0.29) is 5.71 Å². The monoisotopic (exact) mass is 303 g/mol. The minimum atomic E-state index is -3.78. The van der Waals surface area contributed by atoms with Crippen molar-refractivity contribution >= 4 is 33.6 Å². The Labute approximate surface area is 115 Å². The number of thioether (sulfide) groups is 1. The van der Waals surface area contributed by atoms with Gasteiger partial charge in [0.15, 0.2) is 5.71 Å². The largest absolute Gasteiger partial charge is 0.464 e. The summed E-state index contributed by atoms with van der Waals surface area (Å²) in [6, 6.07) is 6.82. The molecule has 0 aliphatic carbocycles. The fourth-order valence-corrected chi connectivity index (χ4v) is 1.78. The molecule has 0 saturated carbocycles. The van der Waals surface area contributed by atoms with Crippen LogP contribution in [-0.2, 0) is 23.9 Å². The summed E-state index contributed by atoms with van der Waals surface area (Å²) in [5, 5.41) is 3.34. The highest BCUT2D eigenvalue weighted by Crippen LogP contribution is 2.16. The first-order valence-corrected chi connectivity index (χ1v) is 8.11. The third-order valence-corrected chi connectivity index (χ3v) is 3.10. The molecule has 19 heavy (non-hydrogen) atoms. The molecule has 0 unspecified atom stereocenters. The van der Waals surface area contributed by atoms with E-state index in [2.05, 4.69) is 14.2 Å². The Balaban J connectivity index is 3.12. The Bertz CT molecular complexity index is 578. The van der Waals surface area contributed by atoms with Crippen LogP contribution in [0.25, 0.3) is 0 Å². The second-order valence-electron chi connectivity index (χ2n) is 3.44. The second-order valence-corrected chi connectivity index (χ2v) is 5.88. The normalized spacial score (nSPS) is 12.1. The highest BCUT2D eigenvalue weighted by molar-refractivity contribution is 7.98. The van der Waals surface area contributed by atoms with Gasteiger partial charge in [-0.1, -0.05) is 17.3 Å². The van der Waals surface area contributed by atoms with Gasteiger partial charge in [0.25, 0.3) is 0 Å². The first-order chi connectivity index (χ1) is 8.87. The van der Waals surface area contributed by atoms with Crippen LogP contribution in [0.15, 0.2) is 34.3 Å². The molecule has 0 atom stereocenters. The SMILES string of the molecule is COC(=O)/C(=N\OS(C)(=O)=O)c1ccc(SC)cc1. The summed E-state index contributed by atoms with van der Waals surface area (Å²) in [7, 11) is -2.61. The van der Waals surface area contributed by atoms with Gasteiger partial charge >= 0.3 is 16.1 Å². The van der Waals surface area contributed by atoms with E-state index in [1.165, 1.54) is 18.9 Å². The van der Waals surface area contributed by atoms with Gasteiger partial charge in [-0.05, 0) is 18.4 Å². The van der Waals surface area contributed by atoms with Gasteiger partial charge in [-0.25, -0.2) is 4.79 Å². The van der Waals surface area contributed by atoms with Gasteiger partial charge < -0.3 is 4.74 Å². The van der Waals surface area contributed by atoms with Gasteiger partial charge in [-0.3, -0.25) is 4.28 Å². The number of methoxy groups -OCH3 is 1. The lowest BCUT2D eigenvalue weighted by Crippen LogP contribution is -2.18. The highest BCUT2D eigenvalue weighted by Gasteiger charge is 2.17. The number of esters is 1. The maximum absolute atomic E-state index is 11.6. The Morgan fingerprint density at radius 2 is 1.84 bits per heavy atom. The Morgan fingerprint density at radius 3 is 2.26 bits per heavy atom. The number of rotatable bonds is 5. The van der Waals surface area contributed by atoms with E-state index >= 15 is 0 Å². The second kappa shape index (κ2) is 6.58. The molecule has 0 bridgehead atoms. The van der Waals surface area contributed by atoms with E-state index in [0.29, 0.717) is 5.56 Å². The van der Waals surface area contributed by atoms with Crippen LogP contribution in [0.5, 0.6) is 0 Å². The predicted octanol–water partition coefficient (Wildman–Crippen LogP) is 1.26. The molecule has 1 rings (SSSR count). The minimum Gasteiger partial charge on any atom is -0.464 e. The average Bonchev–Trinajstić information content (AvgIpc) is 2.38. The van der Waals surface area contributed by atoms with E-state index in [0.717, 1.165) is 11.2 Å². The average molecular weight is 303 g/mol. The van der Waals surface area contributed by atoms with Gasteiger partial charge in [0, 0.05) is 10.5 Å². The molecule has 0 amide bonds. The number of carbonyl (C=O) groups is 1. The zero-order valence-electron chi connectivity index (χ0n) is 10.6. The summed E-state index contributed by atoms with van der Waals surface area (Å²) < 4.78 is 30.6. The standard InChI is InChI=1S/C11H13NO5S2/c1-16-11(13)10(12-17-19(3,14)15)8-4-6-9(18-2)7-5-8/h4-7H,1-3H3/b12-10-. The van der Waals surface area contributed by atoms with Crippen molar-refractivity contribution in [2.45, 2.75) is 4.90 Å². The fourth-order valence-electron chi connectivity index (χ4n) is 1.16. The van der Waals surface area contributed by atoms with E-state index in [4.69, 9.17) is 0 Å². The summed E-state index contributed by atoms with van der Waals surface area (Å²) in [5.74, 6) is -0.777. The molecule has 0 saturated heterocycles. The first-order valence-electron chi connectivity index (χ1n) is 5.06. The number of hydrogen-bond acceptors (Lipinski definition) is 7. The van der Waals surface area contributed by atoms with Crippen LogP contribution >= 0.6 is 11.8 Å².